The van der Waals surface area contributed by atoms with Crippen molar-refractivity contribution in [3.05, 3.63) is 24.3 Å². The minimum Gasteiger partial charge on any atom is -0.387 e. The van der Waals surface area contributed by atoms with Gasteiger partial charge in [-0.2, -0.15) is 0 Å². The highest BCUT2D eigenvalue weighted by Gasteiger charge is 2.74. The number of ketones is 2. The Kier molecular flexibility index (Phi) is 4.36. The second kappa shape index (κ2) is 6.44. The number of carbonyl (C=O) groups excluding carboxylic acids is 4. The van der Waals surface area contributed by atoms with Crippen LogP contribution in [0, 0.1) is 11.8 Å². The van der Waals surface area contributed by atoms with Crippen LogP contribution in [0.25, 0.3) is 0 Å². The van der Waals surface area contributed by atoms with Gasteiger partial charge in [0, 0.05) is 24.7 Å². The maximum atomic E-state index is 14.1. The molecule has 8 atom stereocenters. The Morgan fingerprint density at radius 2 is 1.17 bits per heavy atom. The first-order valence-electron chi connectivity index (χ1n) is 9.81. The summed E-state index contributed by atoms with van der Waals surface area (Å²) in [4.78, 5) is 53.4. The molecule has 8 nitrogen and oxygen atoms in total. The van der Waals surface area contributed by atoms with E-state index in [4.69, 9.17) is 0 Å². The van der Waals surface area contributed by atoms with E-state index in [-0.39, 0.29) is 36.2 Å². The van der Waals surface area contributed by atoms with Crippen LogP contribution in [0.15, 0.2) is 24.3 Å². The summed E-state index contributed by atoms with van der Waals surface area (Å²) in [6.07, 6.45) is 6.91. The Morgan fingerprint density at radius 1 is 0.800 bits per heavy atom. The molecule has 2 N–H and O–H groups in total. The molecule has 2 amide bonds. The van der Waals surface area contributed by atoms with Gasteiger partial charge in [0.25, 0.3) is 11.8 Å². The molecule has 10 heteroatoms. The first-order chi connectivity index (χ1) is 14.2. The average molecular weight is 451 g/mol. The van der Waals surface area contributed by atoms with Crippen molar-refractivity contribution < 1.29 is 29.4 Å². The fourth-order valence-corrected chi connectivity index (χ4v) is 7.99. The monoisotopic (exact) mass is 450 g/mol. The van der Waals surface area contributed by atoms with Gasteiger partial charge >= 0.3 is 0 Å². The summed E-state index contributed by atoms with van der Waals surface area (Å²) in [6.45, 7) is 0. The number of thioether (sulfide) groups is 2. The lowest BCUT2D eigenvalue weighted by Crippen LogP contribution is -2.74. The van der Waals surface area contributed by atoms with E-state index >= 15 is 0 Å². The number of fused-ring (bicyclic) bond motifs is 6. The van der Waals surface area contributed by atoms with Gasteiger partial charge in [0.1, 0.15) is 0 Å². The highest BCUT2D eigenvalue weighted by molar-refractivity contribution is 8.01. The third kappa shape index (κ3) is 2.18. The number of carbonyl (C=O) groups is 4. The zero-order chi connectivity index (χ0) is 21.6. The number of hydrogen-bond donors (Lipinski definition) is 2. The number of aliphatic hydroxyl groups excluding tert-OH is 2. The Bertz CT molecular complexity index is 862. The normalized spacial score (nSPS) is 46.8. The van der Waals surface area contributed by atoms with E-state index in [0.717, 1.165) is 0 Å². The highest BCUT2D eigenvalue weighted by Crippen LogP contribution is 2.59. The second-order valence-corrected chi connectivity index (χ2v) is 10.6. The maximum absolute atomic E-state index is 14.1. The molecule has 0 aromatic rings. The largest absolute Gasteiger partial charge is 0.387 e. The van der Waals surface area contributed by atoms with Crippen molar-refractivity contribution in [2.75, 3.05) is 12.5 Å². The number of piperazine rings is 1. The molecule has 0 bridgehead atoms. The van der Waals surface area contributed by atoms with Crippen molar-refractivity contribution in [3.63, 3.8) is 0 Å². The maximum Gasteiger partial charge on any atom is 0.261 e. The lowest BCUT2D eigenvalue weighted by atomic mass is 9.85. The van der Waals surface area contributed by atoms with Crippen LogP contribution < -0.4 is 0 Å². The van der Waals surface area contributed by atoms with Gasteiger partial charge in [-0.1, -0.05) is 12.2 Å². The fraction of sp³-hybridized carbons (Fsp3) is 0.600. The van der Waals surface area contributed by atoms with Crippen LogP contribution in [0.3, 0.4) is 0 Å². The molecular weight excluding hydrogens is 428 g/mol. The SMILES string of the molecule is CS[C@]12C[C@H]3C(=O)C=C[C@@H](O)[C@@H]3N1C(=O)[C@@]1(SC)C[C@H]3C(=O)C=C[C@@H](O)[C@@H]3N1C2=O. The van der Waals surface area contributed by atoms with Gasteiger partial charge in [0.15, 0.2) is 21.3 Å². The standard InChI is InChI=1S/C20H22N2O6S2/c1-29-19-7-9-11(23)3-5-13(25)15(9)21(19)18(28)20(30-2)8-10-12(24)4-6-14(26)16(10)22(20)17(19)27/h3-6,9-10,13-16,25-26H,7-8H2,1-2H3/t9-,10-,13+,14+,15+,16+,19-,20-/m0/s1. The van der Waals surface area contributed by atoms with Crippen molar-refractivity contribution in [2.45, 2.75) is 46.9 Å². The molecule has 0 spiro atoms. The minimum atomic E-state index is -1.35. The summed E-state index contributed by atoms with van der Waals surface area (Å²) >= 11 is 2.35. The van der Waals surface area contributed by atoms with Crippen LogP contribution in [0.5, 0.6) is 0 Å². The van der Waals surface area contributed by atoms with Crippen molar-refractivity contribution >= 4 is 46.9 Å². The summed E-state index contributed by atoms with van der Waals surface area (Å²) in [5.74, 6) is -2.52. The first-order valence-corrected chi connectivity index (χ1v) is 12.3. The summed E-state index contributed by atoms with van der Waals surface area (Å²) < 4.78 is 0. The highest BCUT2D eigenvalue weighted by atomic mass is 32.2. The molecule has 3 aliphatic heterocycles. The molecule has 3 heterocycles. The van der Waals surface area contributed by atoms with Crippen LogP contribution in [0.2, 0.25) is 0 Å². The number of nitrogens with zero attached hydrogens (tertiary/aromatic N) is 2. The second-order valence-electron chi connectivity index (χ2n) is 8.43. The molecular formula is C20H22N2O6S2. The third-order valence-corrected chi connectivity index (χ3v) is 9.75. The van der Waals surface area contributed by atoms with Crippen molar-refractivity contribution in [1.82, 2.24) is 9.80 Å². The quantitative estimate of drug-likeness (QED) is 0.582. The van der Waals surface area contributed by atoms with Crippen LogP contribution in [0.4, 0.5) is 0 Å². The number of rotatable bonds is 2. The summed E-state index contributed by atoms with van der Waals surface area (Å²) in [5.41, 5.74) is 0. The summed E-state index contributed by atoms with van der Waals surface area (Å²) in [7, 11) is 0. The summed E-state index contributed by atoms with van der Waals surface area (Å²) in [6, 6.07) is -1.64. The van der Waals surface area contributed by atoms with Gasteiger partial charge in [-0.25, -0.2) is 0 Å². The van der Waals surface area contributed by atoms with Crippen LogP contribution in [-0.4, -0.2) is 89.9 Å². The van der Waals surface area contributed by atoms with Crippen molar-refractivity contribution in [1.29, 1.82) is 0 Å². The molecule has 5 rings (SSSR count). The summed E-state index contributed by atoms with van der Waals surface area (Å²) in [5, 5.41) is 21.3. The van der Waals surface area contributed by atoms with Gasteiger partial charge < -0.3 is 20.0 Å². The Balaban J connectivity index is 1.70. The molecule has 3 fully saturated rings. The van der Waals surface area contributed by atoms with E-state index in [1.807, 2.05) is 0 Å². The van der Waals surface area contributed by atoms with Crippen LogP contribution >= 0.6 is 23.5 Å². The Labute approximate surface area is 181 Å². The van der Waals surface area contributed by atoms with Gasteiger partial charge in [-0.15, -0.1) is 23.5 Å². The van der Waals surface area contributed by atoms with E-state index in [1.54, 1.807) is 12.5 Å². The van der Waals surface area contributed by atoms with E-state index < -0.39 is 45.9 Å². The number of amides is 2. The predicted octanol–water partition coefficient (Wildman–Crippen LogP) is -0.448. The Morgan fingerprint density at radius 3 is 1.50 bits per heavy atom. The molecule has 3 saturated heterocycles. The lowest BCUT2D eigenvalue weighted by Gasteiger charge is -2.54. The Hall–Kier alpha value is -1.62. The van der Waals surface area contributed by atoms with Crippen molar-refractivity contribution in [3.8, 4) is 0 Å². The van der Waals surface area contributed by atoms with Gasteiger partial charge in [0.2, 0.25) is 0 Å². The van der Waals surface area contributed by atoms with E-state index in [9.17, 15) is 29.4 Å². The van der Waals surface area contributed by atoms with Gasteiger partial charge in [0.05, 0.1) is 24.3 Å². The predicted molar refractivity (Wildman–Crippen MR) is 110 cm³/mol. The van der Waals surface area contributed by atoms with E-state index in [2.05, 4.69) is 0 Å². The van der Waals surface area contributed by atoms with E-state index in [0.29, 0.717) is 0 Å². The molecule has 5 aliphatic rings. The number of allylic oxidation sites excluding steroid dienone is 2. The average Bonchev–Trinajstić information content (AvgIpc) is 3.29. The molecule has 160 valence electrons. The van der Waals surface area contributed by atoms with Gasteiger partial charge in [-0.05, 0) is 24.7 Å². The van der Waals surface area contributed by atoms with E-state index in [1.165, 1.54) is 57.6 Å². The van der Waals surface area contributed by atoms with Gasteiger partial charge in [-0.3, -0.25) is 19.2 Å². The van der Waals surface area contributed by atoms with Crippen molar-refractivity contribution in [2.24, 2.45) is 11.8 Å². The zero-order valence-corrected chi connectivity index (χ0v) is 18.1. The fourth-order valence-electron chi connectivity index (χ4n) is 5.95. The zero-order valence-electron chi connectivity index (χ0n) is 16.4. The molecule has 2 aliphatic carbocycles. The van der Waals surface area contributed by atoms with Crippen LogP contribution in [-0.2, 0) is 19.2 Å². The smallest absolute Gasteiger partial charge is 0.261 e. The molecule has 0 radical (unpaired) electrons. The minimum absolute atomic E-state index is 0.0991. The molecule has 0 aromatic carbocycles. The first kappa shape index (κ1) is 20.3. The topological polar surface area (TPSA) is 115 Å². The number of hydrogen-bond acceptors (Lipinski definition) is 8. The van der Waals surface area contributed by atoms with Crippen LogP contribution in [0.1, 0.15) is 12.8 Å². The molecule has 30 heavy (non-hydrogen) atoms. The third-order valence-electron chi connectivity index (χ3n) is 7.32. The molecule has 0 aromatic heterocycles. The molecule has 0 unspecified atom stereocenters. The lowest BCUT2D eigenvalue weighted by molar-refractivity contribution is -0.168. The molecule has 0 saturated carbocycles. The number of aliphatic hydroxyl groups is 2.